The molecule has 0 radical (unpaired) electrons. The lowest BCUT2D eigenvalue weighted by molar-refractivity contribution is 0.595. The number of rotatable bonds is 6. The molecule has 1 aromatic heterocycles. The molecule has 0 aliphatic heterocycles. The van der Waals surface area contributed by atoms with E-state index in [2.05, 4.69) is 9.69 Å². The number of aromatic nitrogens is 1. The van der Waals surface area contributed by atoms with Crippen molar-refractivity contribution in [3.63, 3.8) is 0 Å². The molecule has 92 valence electrons. The Morgan fingerprint density at radius 2 is 2.06 bits per heavy atom. The SMILES string of the molecule is CCCNc1snc(N)c1S(=O)(=O)CCC. The molecule has 1 aromatic rings. The van der Waals surface area contributed by atoms with E-state index in [0.717, 1.165) is 24.5 Å². The minimum absolute atomic E-state index is 0.108. The Kier molecular flexibility index (Phi) is 4.55. The predicted octanol–water partition coefficient (Wildman–Crippen LogP) is 1.73. The van der Waals surface area contributed by atoms with Gasteiger partial charge in [0, 0.05) is 6.54 Å². The first-order valence-corrected chi connectivity index (χ1v) is 7.67. The Bertz CT molecular complexity index is 440. The van der Waals surface area contributed by atoms with Crippen molar-refractivity contribution < 1.29 is 8.42 Å². The van der Waals surface area contributed by atoms with E-state index < -0.39 is 9.84 Å². The number of nitrogen functional groups attached to an aromatic ring is 1. The predicted molar refractivity (Wildman–Crippen MR) is 67.7 cm³/mol. The van der Waals surface area contributed by atoms with E-state index >= 15 is 0 Å². The fraction of sp³-hybridized carbons (Fsp3) is 0.667. The molecule has 0 bridgehead atoms. The smallest absolute Gasteiger partial charge is 0.185 e. The lowest BCUT2D eigenvalue weighted by atomic mass is 10.5. The van der Waals surface area contributed by atoms with E-state index in [0.29, 0.717) is 11.4 Å². The van der Waals surface area contributed by atoms with Gasteiger partial charge in [0.1, 0.15) is 9.90 Å². The van der Waals surface area contributed by atoms with Gasteiger partial charge in [0.05, 0.1) is 5.75 Å². The molecule has 0 spiro atoms. The monoisotopic (exact) mass is 263 g/mol. The van der Waals surface area contributed by atoms with Crippen molar-refractivity contribution in [3.05, 3.63) is 0 Å². The number of nitrogens with two attached hydrogens (primary N) is 1. The highest BCUT2D eigenvalue weighted by Gasteiger charge is 2.24. The maximum Gasteiger partial charge on any atom is 0.185 e. The summed E-state index contributed by atoms with van der Waals surface area (Å²) >= 11 is 1.10. The zero-order valence-corrected chi connectivity index (χ0v) is 11.1. The van der Waals surface area contributed by atoms with Gasteiger partial charge in [-0.05, 0) is 24.4 Å². The van der Waals surface area contributed by atoms with Crippen LogP contribution in [0.2, 0.25) is 0 Å². The van der Waals surface area contributed by atoms with Crippen LogP contribution in [-0.2, 0) is 9.84 Å². The molecule has 0 aliphatic carbocycles. The third-order valence-electron chi connectivity index (χ3n) is 1.99. The van der Waals surface area contributed by atoms with Gasteiger partial charge >= 0.3 is 0 Å². The molecule has 0 amide bonds. The van der Waals surface area contributed by atoms with Crippen LogP contribution < -0.4 is 11.1 Å². The van der Waals surface area contributed by atoms with E-state index in [-0.39, 0.29) is 16.5 Å². The number of anilines is 2. The van der Waals surface area contributed by atoms with Gasteiger partial charge in [0.15, 0.2) is 15.7 Å². The fourth-order valence-corrected chi connectivity index (χ4v) is 3.96. The number of hydrogen-bond donors (Lipinski definition) is 2. The first-order chi connectivity index (χ1) is 7.53. The lowest BCUT2D eigenvalue weighted by Gasteiger charge is -2.06. The topological polar surface area (TPSA) is 85.1 Å². The lowest BCUT2D eigenvalue weighted by Crippen LogP contribution is -2.10. The second-order valence-corrected chi connectivity index (χ2v) is 6.29. The largest absolute Gasteiger partial charge is 0.382 e. The summed E-state index contributed by atoms with van der Waals surface area (Å²) < 4.78 is 27.8. The second-order valence-electron chi connectivity index (χ2n) is 3.47. The maximum atomic E-state index is 11.9. The molecular formula is C9H17N3O2S2. The van der Waals surface area contributed by atoms with Crippen molar-refractivity contribution in [1.82, 2.24) is 4.37 Å². The van der Waals surface area contributed by atoms with Crippen LogP contribution in [0.4, 0.5) is 10.8 Å². The van der Waals surface area contributed by atoms with Crippen molar-refractivity contribution in [2.75, 3.05) is 23.3 Å². The summed E-state index contributed by atoms with van der Waals surface area (Å²) in [5, 5.41) is 3.61. The second kappa shape index (κ2) is 5.49. The summed E-state index contributed by atoms with van der Waals surface area (Å²) in [6.07, 6.45) is 1.50. The number of sulfone groups is 1. The summed E-state index contributed by atoms with van der Waals surface area (Å²) in [5.41, 5.74) is 5.61. The van der Waals surface area contributed by atoms with Gasteiger partial charge in [-0.25, -0.2) is 8.42 Å². The highest BCUT2D eigenvalue weighted by Crippen LogP contribution is 2.32. The highest BCUT2D eigenvalue weighted by atomic mass is 32.2. The molecule has 0 fully saturated rings. The van der Waals surface area contributed by atoms with Crippen LogP contribution in [0.15, 0.2) is 4.90 Å². The Labute approximate surface area is 100 Å². The highest BCUT2D eigenvalue weighted by molar-refractivity contribution is 7.91. The summed E-state index contributed by atoms with van der Waals surface area (Å²) in [4.78, 5) is 0.174. The normalized spacial score (nSPS) is 11.6. The van der Waals surface area contributed by atoms with Gasteiger partial charge in [-0.1, -0.05) is 13.8 Å². The molecule has 0 unspecified atom stereocenters. The van der Waals surface area contributed by atoms with E-state index in [1.807, 2.05) is 13.8 Å². The summed E-state index contributed by atoms with van der Waals surface area (Å²) in [7, 11) is -3.30. The molecule has 7 heteroatoms. The van der Waals surface area contributed by atoms with Crippen LogP contribution in [0.3, 0.4) is 0 Å². The average molecular weight is 263 g/mol. The molecule has 0 saturated heterocycles. The van der Waals surface area contributed by atoms with E-state index in [1.165, 1.54) is 0 Å². The number of nitrogens with one attached hydrogen (secondary N) is 1. The minimum atomic E-state index is -3.30. The van der Waals surface area contributed by atoms with E-state index in [1.54, 1.807) is 0 Å². The Morgan fingerprint density at radius 1 is 1.38 bits per heavy atom. The van der Waals surface area contributed by atoms with Gasteiger partial charge in [0.25, 0.3) is 0 Å². The van der Waals surface area contributed by atoms with Gasteiger partial charge < -0.3 is 11.1 Å². The molecule has 3 N–H and O–H groups in total. The summed E-state index contributed by atoms with van der Waals surface area (Å²) in [6.45, 7) is 4.56. The molecular weight excluding hydrogens is 246 g/mol. The van der Waals surface area contributed by atoms with Crippen LogP contribution in [0.25, 0.3) is 0 Å². The van der Waals surface area contributed by atoms with Crippen molar-refractivity contribution >= 4 is 32.2 Å². The Hall–Kier alpha value is -0.820. The van der Waals surface area contributed by atoms with Gasteiger partial charge in [-0.3, -0.25) is 0 Å². The van der Waals surface area contributed by atoms with Crippen LogP contribution in [0.5, 0.6) is 0 Å². The van der Waals surface area contributed by atoms with Crippen molar-refractivity contribution in [3.8, 4) is 0 Å². The Balaban J connectivity index is 3.06. The number of hydrogen-bond acceptors (Lipinski definition) is 6. The van der Waals surface area contributed by atoms with Gasteiger partial charge in [0.2, 0.25) is 0 Å². The standard InChI is InChI=1S/C9H17N3O2S2/c1-3-5-11-9-7(8(10)12-15-9)16(13,14)6-4-2/h11H,3-6H2,1-2H3,(H2,10,12). The van der Waals surface area contributed by atoms with Crippen molar-refractivity contribution in [2.24, 2.45) is 0 Å². The molecule has 0 aliphatic rings. The quantitative estimate of drug-likeness (QED) is 0.816. The average Bonchev–Trinajstić information content (AvgIpc) is 2.57. The van der Waals surface area contributed by atoms with E-state index in [4.69, 9.17) is 5.73 Å². The summed E-state index contributed by atoms with van der Waals surface area (Å²) in [6, 6.07) is 0. The molecule has 0 atom stereocenters. The number of nitrogens with zero attached hydrogens (tertiary/aromatic N) is 1. The molecule has 5 nitrogen and oxygen atoms in total. The molecule has 0 saturated carbocycles. The van der Waals surface area contributed by atoms with Gasteiger partial charge in [-0.15, -0.1) is 0 Å². The molecule has 1 rings (SSSR count). The van der Waals surface area contributed by atoms with Crippen LogP contribution in [0.1, 0.15) is 26.7 Å². The Morgan fingerprint density at radius 3 is 2.62 bits per heavy atom. The third kappa shape index (κ3) is 2.85. The maximum absolute atomic E-state index is 11.9. The minimum Gasteiger partial charge on any atom is -0.382 e. The zero-order chi connectivity index (χ0) is 12.2. The molecule has 16 heavy (non-hydrogen) atoms. The van der Waals surface area contributed by atoms with E-state index in [9.17, 15) is 8.42 Å². The third-order valence-corrected chi connectivity index (χ3v) is 4.92. The fourth-order valence-electron chi connectivity index (χ4n) is 1.32. The molecule has 1 heterocycles. The zero-order valence-electron chi connectivity index (χ0n) is 9.49. The van der Waals surface area contributed by atoms with Crippen LogP contribution in [0, 0.1) is 0 Å². The van der Waals surface area contributed by atoms with Gasteiger partial charge in [-0.2, -0.15) is 4.37 Å². The van der Waals surface area contributed by atoms with Crippen LogP contribution >= 0.6 is 11.5 Å². The first kappa shape index (κ1) is 13.2. The van der Waals surface area contributed by atoms with Crippen molar-refractivity contribution in [2.45, 2.75) is 31.6 Å². The van der Waals surface area contributed by atoms with Crippen molar-refractivity contribution in [1.29, 1.82) is 0 Å². The summed E-state index contributed by atoms with van der Waals surface area (Å²) in [5.74, 6) is 0.216. The van der Waals surface area contributed by atoms with Crippen LogP contribution in [-0.4, -0.2) is 25.1 Å². The first-order valence-electron chi connectivity index (χ1n) is 5.24. The molecule has 0 aromatic carbocycles.